The Kier molecular flexibility index (Phi) is 4.94. The summed E-state index contributed by atoms with van der Waals surface area (Å²) in [5.74, 6) is -0.0872. The first-order valence-corrected chi connectivity index (χ1v) is 5.38. The molecule has 0 aliphatic rings. The standard InChI is InChI=1S/C14H15N3/c1-17(2)14(11-16)13(9-6-10-15)12-7-4-3-5-8-12/h3-9,13-14H,1-2H3/b9-6+. The van der Waals surface area contributed by atoms with Crippen LogP contribution < -0.4 is 0 Å². The Morgan fingerprint density at radius 1 is 1.18 bits per heavy atom. The average molecular weight is 225 g/mol. The highest BCUT2D eigenvalue weighted by Crippen LogP contribution is 2.23. The summed E-state index contributed by atoms with van der Waals surface area (Å²) in [7, 11) is 3.73. The van der Waals surface area contributed by atoms with Gasteiger partial charge in [0, 0.05) is 12.0 Å². The molecule has 86 valence electrons. The average Bonchev–Trinajstić information content (AvgIpc) is 2.35. The lowest BCUT2D eigenvalue weighted by atomic mass is 9.91. The SMILES string of the molecule is CN(C)C(C#N)C(/C=C/C#N)c1ccccc1. The molecule has 0 aromatic heterocycles. The topological polar surface area (TPSA) is 50.8 Å². The molecule has 0 saturated heterocycles. The summed E-state index contributed by atoms with van der Waals surface area (Å²) < 4.78 is 0. The summed E-state index contributed by atoms with van der Waals surface area (Å²) in [5.41, 5.74) is 1.04. The second-order valence-corrected chi connectivity index (χ2v) is 3.96. The highest BCUT2D eigenvalue weighted by molar-refractivity contribution is 5.29. The van der Waals surface area contributed by atoms with Crippen LogP contribution >= 0.6 is 0 Å². The fourth-order valence-corrected chi connectivity index (χ4v) is 1.74. The predicted molar refractivity (Wildman–Crippen MR) is 67.0 cm³/mol. The first-order chi connectivity index (χ1) is 8.20. The number of hydrogen-bond acceptors (Lipinski definition) is 3. The quantitative estimate of drug-likeness (QED) is 0.739. The Morgan fingerprint density at radius 3 is 2.29 bits per heavy atom. The smallest absolute Gasteiger partial charge is 0.108 e. The lowest BCUT2D eigenvalue weighted by Crippen LogP contribution is -2.31. The number of allylic oxidation sites excluding steroid dienone is 1. The molecule has 1 aromatic rings. The molecular weight excluding hydrogens is 210 g/mol. The van der Waals surface area contributed by atoms with Crippen molar-refractivity contribution in [1.29, 1.82) is 10.5 Å². The van der Waals surface area contributed by atoms with E-state index in [0.29, 0.717) is 0 Å². The maximum Gasteiger partial charge on any atom is 0.108 e. The van der Waals surface area contributed by atoms with E-state index < -0.39 is 0 Å². The molecule has 0 N–H and O–H groups in total. The van der Waals surface area contributed by atoms with E-state index in [9.17, 15) is 5.26 Å². The molecule has 2 atom stereocenters. The second-order valence-electron chi connectivity index (χ2n) is 3.96. The third-order valence-corrected chi connectivity index (χ3v) is 2.59. The molecule has 0 fully saturated rings. The van der Waals surface area contributed by atoms with Gasteiger partial charge in [-0.15, -0.1) is 0 Å². The summed E-state index contributed by atoms with van der Waals surface area (Å²) in [6.45, 7) is 0. The van der Waals surface area contributed by atoms with E-state index in [1.807, 2.05) is 55.4 Å². The van der Waals surface area contributed by atoms with Crippen molar-refractivity contribution in [2.45, 2.75) is 12.0 Å². The maximum atomic E-state index is 9.22. The van der Waals surface area contributed by atoms with Gasteiger partial charge in [-0.3, -0.25) is 4.90 Å². The minimum Gasteiger partial charge on any atom is -0.293 e. The maximum absolute atomic E-state index is 9.22. The fourth-order valence-electron chi connectivity index (χ4n) is 1.74. The molecule has 0 amide bonds. The third kappa shape index (κ3) is 3.45. The van der Waals surface area contributed by atoms with Gasteiger partial charge in [-0.05, 0) is 19.7 Å². The van der Waals surface area contributed by atoms with E-state index in [-0.39, 0.29) is 12.0 Å². The van der Waals surface area contributed by atoms with Crippen molar-refractivity contribution < 1.29 is 0 Å². The molecule has 1 rings (SSSR count). The molecule has 2 unspecified atom stereocenters. The Balaban J connectivity index is 3.09. The van der Waals surface area contributed by atoms with Crippen molar-refractivity contribution in [2.24, 2.45) is 0 Å². The summed E-state index contributed by atoms with van der Waals surface area (Å²) in [6.07, 6.45) is 3.22. The van der Waals surface area contributed by atoms with E-state index in [1.165, 1.54) is 6.08 Å². The number of rotatable bonds is 4. The summed E-state index contributed by atoms with van der Waals surface area (Å²) in [6, 6.07) is 13.7. The van der Waals surface area contributed by atoms with Crippen molar-refractivity contribution in [2.75, 3.05) is 14.1 Å². The van der Waals surface area contributed by atoms with Crippen LogP contribution in [-0.2, 0) is 0 Å². The lowest BCUT2D eigenvalue weighted by molar-refractivity contribution is 0.329. The molecule has 3 nitrogen and oxygen atoms in total. The first-order valence-electron chi connectivity index (χ1n) is 5.38. The van der Waals surface area contributed by atoms with Crippen molar-refractivity contribution in [3.63, 3.8) is 0 Å². The summed E-state index contributed by atoms with van der Waals surface area (Å²) in [4.78, 5) is 1.86. The van der Waals surface area contributed by atoms with E-state index >= 15 is 0 Å². The molecule has 0 aliphatic heterocycles. The Bertz CT molecular complexity index is 449. The third-order valence-electron chi connectivity index (χ3n) is 2.59. The summed E-state index contributed by atoms with van der Waals surface area (Å²) >= 11 is 0. The Labute approximate surface area is 102 Å². The minimum absolute atomic E-state index is 0.0872. The molecular formula is C14H15N3. The lowest BCUT2D eigenvalue weighted by Gasteiger charge is -2.24. The van der Waals surface area contributed by atoms with Crippen LogP contribution in [0.15, 0.2) is 42.5 Å². The van der Waals surface area contributed by atoms with Crippen LogP contribution in [0.2, 0.25) is 0 Å². The van der Waals surface area contributed by atoms with Crippen molar-refractivity contribution in [3.05, 3.63) is 48.0 Å². The minimum atomic E-state index is -0.276. The van der Waals surface area contributed by atoms with Crippen LogP contribution in [0.5, 0.6) is 0 Å². The zero-order valence-electron chi connectivity index (χ0n) is 10.0. The first kappa shape index (κ1) is 13.0. The van der Waals surface area contributed by atoms with Gasteiger partial charge in [0.1, 0.15) is 6.04 Å². The van der Waals surface area contributed by atoms with Gasteiger partial charge in [0.05, 0.1) is 12.1 Å². The fraction of sp³-hybridized carbons (Fsp3) is 0.286. The second kappa shape index (κ2) is 6.48. The number of hydrogen-bond donors (Lipinski definition) is 0. The molecule has 0 heterocycles. The van der Waals surface area contributed by atoms with Crippen molar-refractivity contribution in [3.8, 4) is 12.1 Å². The van der Waals surface area contributed by atoms with Gasteiger partial charge in [-0.25, -0.2) is 0 Å². The molecule has 0 aliphatic carbocycles. The van der Waals surface area contributed by atoms with E-state index in [2.05, 4.69) is 6.07 Å². The van der Waals surface area contributed by atoms with Gasteiger partial charge in [0.15, 0.2) is 0 Å². The molecule has 0 saturated carbocycles. The van der Waals surface area contributed by atoms with E-state index in [0.717, 1.165) is 5.56 Å². The van der Waals surface area contributed by atoms with Crippen LogP contribution in [-0.4, -0.2) is 25.0 Å². The van der Waals surface area contributed by atoms with Gasteiger partial charge < -0.3 is 0 Å². The predicted octanol–water partition coefficient (Wildman–Crippen LogP) is 2.30. The van der Waals surface area contributed by atoms with Crippen molar-refractivity contribution >= 4 is 0 Å². The Morgan fingerprint density at radius 2 is 1.82 bits per heavy atom. The number of nitrogens with zero attached hydrogens (tertiary/aromatic N) is 3. The molecule has 0 radical (unpaired) electrons. The van der Waals surface area contributed by atoms with Gasteiger partial charge in [0.25, 0.3) is 0 Å². The zero-order valence-corrected chi connectivity index (χ0v) is 10.0. The van der Waals surface area contributed by atoms with Gasteiger partial charge in [-0.2, -0.15) is 10.5 Å². The number of likely N-dealkylation sites (N-methyl/N-ethyl adjacent to an activating group) is 1. The van der Waals surface area contributed by atoms with Crippen LogP contribution in [0, 0.1) is 22.7 Å². The molecule has 0 bridgehead atoms. The van der Waals surface area contributed by atoms with Gasteiger partial charge >= 0.3 is 0 Å². The Hall–Kier alpha value is -2.10. The highest BCUT2D eigenvalue weighted by Gasteiger charge is 2.22. The van der Waals surface area contributed by atoms with Gasteiger partial charge in [0.2, 0.25) is 0 Å². The van der Waals surface area contributed by atoms with Gasteiger partial charge in [-0.1, -0.05) is 36.4 Å². The van der Waals surface area contributed by atoms with E-state index in [4.69, 9.17) is 5.26 Å². The van der Waals surface area contributed by atoms with Crippen molar-refractivity contribution in [1.82, 2.24) is 4.90 Å². The number of benzene rings is 1. The molecule has 17 heavy (non-hydrogen) atoms. The monoisotopic (exact) mass is 225 g/mol. The molecule has 0 spiro atoms. The largest absolute Gasteiger partial charge is 0.293 e. The van der Waals surface area contributed by atoms with E-state index in [1.54, 1.807) is 6.08 Å². The summed E-state index contributed by atoms with van der Waals surface area (Å²) in [5, 5.41) is 17.8. The highest BCUT2D eigenvalue weighted by atomic mass is 15.1. The molecule has 3 heteroatoms. The normalized spacial score (nSPS) is 14.2. The number of nitriles is 2. The molecule has 1 aromatic carbocycles. The zero-order chi connectivity index (χ0) is 12.7. The van der Waals surface area contributed by atoms with Crippen LogP contribution in [0.1, 0.15) is 11.5 Å². The van der Waals surface area contributed by atoms with Crippen LogP contribution in [0.25, 0.3) is 0 Å². The van der Waals surface area contributed by atoms with Crippen LogP contribution in [0.3, 0.4) is 0 Å². The van der Waals surface area contributed by atoms with Crippen LogP contribution in [0.4, 0.5) is 0 Å².